The second-order valence-electron chi connectivity index (χ2n) is 8.20. The maximum absolute atomic E-state index is 14.2. The molecular weight excluding hydrogens is 365 g/mol. The molecule has 0 bridgehead atoms. The van der Waals surface area contributed by atoms with Crippen molar-refractivity contribution in [3.05, 3.63) is 34.6 Å². The zero-order valence-corrected chi connectivity index (χ0v) is 17.3. The molecule has 0 radical (unpaired) electrons. The SMILES string of the molecule is CC(C)N1CCC(N2CCN(Cc3c(F)cccc3Cl)CC2CCO)CC1. The van der Waals surface area contributed by atoms with E-state index >= 15 is 0 Å². The number of likely N-dealkylation sites (tertiary alicyclic amines) is 1. The normalized spacial score (nSPS) is 24.0. The smallest absolute Gasteiger partial charge is 0.129 e. The number of piperidine rings is 1. The molecule has 6 heteroatoms. The maximum atomic E-state index is 14.2. The zero-order chi connectivity index (χ0) is 19.4. The second kappa shape index (κ2) is 9.66. The predicted molar refractivity (Wildman–Crippen MR) is 109 cm³/mol. The number of hydrogen-bond donors (Lipinski definition) is 1. The van der Waals surface area contributed by atoms with Gasteiger partial charge in [-0.2, -0.15) is 0 Å². The minimum atomic E-state index is -0.232. The van der Waals surface area contributed by atoms with Crippen LogP contribution in [0.25, 0.3) is 0 Å². The van der Waals surface area contributed by atoms with Crippen molar-refractivity contribution in [3.8, 4) is 0 Å². The Morgan fingerprint density at radius 2 is 1.93 bits per heavy atom. The molecule has 1 aromatic rings. The lowest BCUT2D eigenvalue weighted by atomic mass is 9.97. The summed E-state index contributed by atoms with van der Waals surface area (Å²) in [6, 6.07) is 6.41. The highest BCUT2D eigenvalue weighted by Gasteiger charge is 2.34. The van der Waals surface area contributed by atoms with Crippen LogP contribution in [-0.4, -0.2) is 77.3 Å². The first-order valence-corrected chi connectivity index (χ1v) is 10.6. The maximum Gasteiger partial charge on any atom is 0.129 e. The molecule has 1 unspecified atom stereocenters. The number of aliphatic hydroxyl groups is 1. The van der Waals surface area contributed by atoms with Crippen LogP contribution in [0.15, 0.2) is 18.2 Å². The van der Waals surface area contributed by atoms with Crippen molar-refractivity contribution >= 4 is 11.6 Å². The predicted octanol–water partition coefficient (Wildman–Crippen LogP) is 3.22. The lowest BCUT2D eigenvalue weighted by Crippen LogP contribution is -2.58. The summed E-state index contributed by atoms with van der Waals surface area (Å²) >= 11 is 6.21. The molecule has 0 spiro atoms. The summed E-state index contributed by atoms with van der Waals surface area (Å²) < 4.78 is 14.2. The molecule has 27 heavy (non-hydrogen) atoms. The van der Waals surface area contributed by atoms with E-state index in [1.807, 2.05) is 0 Å². The molecule has 1 aromatic carbocycles. The summed E-state index contributed by atoms with van der Waals surface area (Å²) in [5.74, 6) is -0.232. The van der Waals surface area contributed by atoms with Gasteiger partial charge in [0.1, 0.15) is 5.82 Å². The molecule has 1 atom stereocenters. The fourth-order valence-corrected chi connectivity index (χ4v) is 4.83. The third-order valence-corrected chi connectivity index (χ3v) is 6.57. The summed E-state index contributed by atoms with van der Waals surface area (Å²) in [4.78, 5) is 7.44. The summed E-state index contributed by atoms with van der Waals surface area (Å²) in [6.45, 7) is 10.3. The van der Waals surface area contributed by atoms with Crippen molar-refractivity contribution in [3.63, 3.8) is 0 Å². The van der Waals surface area contributed by atoms with E-state index in [0.29, 0.717) is 35.3 Å². The van der Waals surface area contributed by atoms with E-state index in [0.717, 1.165) is 39.1 Å². The van der Waals surface area contributed by atoms with Gasteiger partial charge in [-0.15, -0.1) is 0 Å². The molecule has 0 aliphatic carbocycles. The third-order valence-electron chi connectivity index (χ3n) is 6.22. The molecule has 2 aliphatic heterocycles. The minimum Gasteiger partial charge on any atom is -0.396 e. The quantitative estimate of drug-likeness (QED) is 0.798. The average Bonchev–Trinajstić information content (AvgIpc) is 2.65. The van der Waals surface area contributed by atoms with E-state index in [9.17, 15) is 9.50 Å². The minimum absolute atomic E-state index is 0.195. The van der Waals surface area contributed by atoms with E-state index in [2.05, 4.69) is 28.5 Å². The van der Waals surface area contributed by atoms with Crippen LogP contribution >= 0.6 is 11.6 Å². The zero-order valence-electron chi connectivity index (χ0n) is 16.6. The van der Waals surface area contributed by atoms with Crippen molar-refractivity contribution in [2.24, 2.45) is 0 Å². The highest BCUT2D eigenvalue weighted by molar-refractivity contribution is 6.31. The Morgan fingerprint density at radius 1 is 1.19 bits per heavy atom. The van der Waals surface area contributed by atoms with Gasteiger partial charge in [0.15, 0.2) is 0 Å². The second-order valence-corrected chi connectivity index (χ2v) is 8.61. The fourth-order valence-electron chi connectivity index (χ4n) is 4.60. The molecule has 0 aromatic heterocycles. The van der Waals surface area contributed by atoms with E-state index in [-0.39, 0.29) is 12.4 Å². The van der Waals surface area contributed by atoms with Gasteiger partial charge in [0.2, 0.25) is 0 Å². The monoisotopic (exact) mass is 397 g/mol. The van der Waals surface area contributed by atoms with Gasteiger partial charge in [0.25, 0.3) is 0 Å². The Hall–Kier alpha value is -0.720. The summed E-state index contributed by atoms with van der Waals surface area (Å²) in [5.41, 5.74) is 0.584. The van der Waals surface area contributed by atoms with E-state index in [4.69, 9.17) is 11.6 Å². The van der Waals surface area contributed by atoms with Crippen molar-refractivity contribution in [1.82, 2.24) is 14.7 Å². The van der Waals surface area contributed by atoms with Gasteiger partial charge in [-0.05, 0) is 58.3 Å². The molecule has 4 nitrogen and oxygen atoms in total. The molecule has 2 aliphatic rings. The Morgan fingerprint density at radius 3 is 2.56 bits per heavy atom. The van der Waals surface area contributed by atoms with Crippen molar-refractivity contribution in [2.75, 3.05) is 39.3 Å². The first-order chi connectivity index (χ1) is 13.0. The Labute approximate surface area is 167 Å². The van der Waals surface area contributed by atoms with E-state index in [1.165, 1.54) is 18.9 Å². The van der Waals surface area contributed by atoms with Crippen molar-refractivity contribution in [2.45, 2.75) is 57.8 Å². The standard InChI is InChI=1S/C21H33ClFN3O/c1-16(2)25-9-6-17(7-10-25)26-12-11-24(14-18(26)8-13-27)15-19-20(22)4-3-5-21(19)23/h3-5,16-18,27H,6-15H2,1-2H3. The number of nitrogens with zero attached hydrogens (tertiary/aromatic N) is 3. The topological polar surface area (TPSA) is 30.0 Å². The number of rotatable bonds is 6. The number of piperazine rings is 1. The largest absolute Gasteiger partial charge is 0.396 e. The lowest BCUT2D eigenvalue weighted by Gasteiger charge is -2.48. The van der Waals surface area contributed by atoms with Crippen LogP contribution in [0.3, 0.4) is 0 Å². The first-order valence-electron chi connectivity index (χ1n) is 10.3. The summed E-state index contributed by atoms with van der Waals surface area (Å²) in [7, 11) is 0. The Bertz CT molecular complexity index is 587. The number of aliphatic hydroxyl groups excluding tert-OH is 1. The summed E-state index contributed by atoms with van der Waals surface area (Å²) in [6.07, 6.45) is 3.16. The highest BCUT2D eigenvalue weighted by atomic mass is 35.5. The van der Waals surface area contributed by atoms with Crippen LogP contribution < -0.4 is 0 Å². The average molecular weight is 398 g/mol. The van der Waals surface area contributed by atoms with Crippen LogP contribution in [0, 0.1) is 5.82 Å². The first kappa shape index (κ1) is 21.0. The van der Waals surface area contributed by atoms with Gasteiger partial charge in [-0.1, -0.05) is 17.7 Å². The van der Waals surface area contributed by atoms with Crippen LogP contribution in [0.5, 0.6) is 0 Å². The number of halogens is 2. The van der Waals surface area contributed by atoms with Gasteiger partial charge in [0.05, 0.1) is 0 Å². The van der Waals surface area contributed by atoms with Gasteiger partial charge in [-0.25, -0.2) is 4.39 Å². The molecule has 1 N–H and O–H groups in total. The molecule has 152 valence electrons. The molecule has 2 fully saturated rings. The highest BCUT2D eigenvalue weighted by Crippen LogP contribution is 2.26. The van der Waals surface area contributed by atoms with E-state index < -0.39 is 0 Å². The van der Waals surface area contributed by atoms with Gasteiger partial charge < -0.3 is 10.0 Å². The third kappa shape index (κ3) is 5.21. The van der Waals surface area contributed by atoms with Crippen LogP contribution in [0.1, 0.15) is 38.7 Å². The Kier molecular flexibility index (Phi) is 7.51. The number of benzene rings is 1. The molecule has 0 saturated carbocycles. The molecule has 2 heterocycles. The molecule has 0 amide bonds. The van der Waals surface area contributed by atoms with Crippen molar-refractivity contribution < 1.29 is 9.50 Å². The van der Waals surface area contributed by atoms with Crippen molar-refractivity contribution in [1.29, 1.82) is 0 Å². The number of hydrogen-bond acceptors (Lipinski definition) is 4. The van der Waals surface area contributed by atoms with E-state index in [1.54, 1.807) is 12.1 Å². The summed E-state index contributed by atoms with van der Waals surface area (Å²) in [5, 5.41) is 10.1. The van der Waals surface area contributed by atoms with Crippen LogP contribution in [0.2, 0.25) is 5.02 Å². The van der Waals surface area contributed by atoms with Gasteiger partial charge in [0, 0.05) is 61.5 Å². The van der Waals surface area contributed by atoms with Crippen LogP contribution in [-0.2, 0) is 6.54 Å². The molecular formula is C21H33ClFN3O. The fraction of sp³-hybridized carbons (Fsp3) is 0.714. The Balaban J connectivity index is 1.62. The molecule has 2 saturated heterocycles. The lowest BCUT2D eigenvalue weighted by molar-refractivity contribution is -0.000279. The van der Waals surface area contributed by atoms with Crippen LogP contribution in [0.4, 0.5) is 4.39 Å². The van der Waals surface area contributed by atoms with Gasteiger partial charge >= 0.3 is 0 Å². The molecule has 3 rings (SSSR count). The van der Waals surface area contributed by atoms with Gasteiger partial charge in [-0.3, -0.25) is 9.80 Å².